The van der Waals surface area contributed by atoms with Gasteiger partial charge in [0.25, 0.3) is 11.5 Å². The van der Waals surface area contributed by atoms with Crippen molar-refractivity contribution in [3.8, 4) is 5.69 Å². The fourth-order valence-corrected chi connectivity index (χ4v) is 2.10. The monoisotopic (exact) mass is 321 g/mol. The van der Waals surface area contributed by atoms with Gasteiger partial charge in [0, 0.05) is 6.07 Å². The minimum atomic E-state index is -0.518. The van der Waals surface area contributed by atoms with Gasteiger partial charge in [-0.25, -0.2) is 5.48 Å². The van der Waals surface area contributed by atoms with E-state index in [4.69, 9.17) is 4.84 Å². The van der Waals surface area contributed by atoms with Crippen molar-refractivity contribution in [1.29, 1.82) is 0 Å². The van der Waals surface area contributed by atoms with Crippen molar-refractivity contribution >= 4 is 5.91 Å². The van der Waals surface area contributed by atoms with Crippen LogP contribution in [0.4, 0.5) is 0 Å². The lowest BCUT2D eigenvalue weighted by Crippen LogP contribution is -2.29. The molecule has 0 aliphatic carbocycles. The SMILES string of the molecule is O=C(NOCc1ccccc1)c1ccc(=O)n(-c2ccccc2)n1. The molecule has 2 aromatic carbocycles. The number of aromatic nitrogens is 2. The largest absolute Gasteiger partial charge is 0.295 e. The molecule has 1 N–H and O–H groups in total. The van der Waals surface area contributed by atoms with E-state index in [1.165, 1.54) is 16.8 Å². The van der Waals surface area contributed by atoms with Crippen molar-refractivity contribution in [2.24, 2.45) is 0 Å². The zero-order chi connectivity index (χ0) is 16.8. The van der Waals surface area contributed by atoms with E-state index >= 15 is 0 Å². The van der Waals surface area contributed by atoms with Gasteiger partial charge in [-0.05, 0) is 23.8 Å². The summed E-state index contributed by atoms with van der Waals surface area (Å²) < 4.78 is 1.17. The lowest BCUT2D eigenvalue weighted by Gasteiger charge is -2.08. The summed E-state index contributed by atoms with van der Waals surface area (Å²) in [4.78, 5) is 29.2. The molecule has 0 unspecified atom stereocenters. The molecule has 24 heavy (non-hydrogen) atoms. The Morgan fingerprint density at radius 2 is 1.62 bits per heavy atom. The van der Waals surface area contributed by atoms with Gasteiger partial charge in [0.15, 0.2) is 5.69 Å². The highest BCUT2D eigenvalue weighted by atomic mass is 16.6. The molecule has 0 saturated heterocycles. The summed E-state index contributed by atoms with van der Waals surface area (Å²) in [5, 5.41) is 4.08. The minimum Gasteiger partial charge on any atom is -0.269 e. The van der Waals surface area contributed by atoms with Gasteiger partial charge >= 0.3 is 0 Å². The van der Waals surface area contributed by atoms with Crippen LogP contribution in [0.2, 0.25) is 0 Å². The number of hydrogen-bond acceptors (Lipinski definition) is 4. The van der Waals surface area contributed by atoms with E-state index in [-0.39, 0.29) is 17.9 Å². The van der Waals surface area contributed by atoms with E-state index in [1.807, 2.05) is 36.4 Å². The molecule has 0 aliphatic heterocycles. The predicted octanol–water partition coefficient (Wildman–Crippen LogP) is 2.09. The van der Waals surface area contributed by atoms with Crippen molar-refractivity contribution in [3.05, 3.63) is 94.4 Å². The maximum absolute atomic E-state index is 12.1. The highest BCUT2D eigenvalue weighted by molar-refractivity contribution is 5.91. The van der Waals surface area contributed by atoms with E-state index in [2.05, 4.69) is 10.6 Å². The Balaban J connectivity index is 1.70. The van der Waals surface area contributed by atoms with Gasteiger partial charge in [-0.2, -0.15) is 9.78 Å². The van der Waals surface area contributed by atoms with E-state index in [0.29, 0.717) is 5.69 Å². The molecule has 120 valence electrons. The molecule has 1 amide bonds. The van der Waals surface area contributed by atoms with Crippen LogP contribution in [0.3, 0.4) is 0 Å². The van der Waals surface area contributed by atoms with E-state index in [0.717, 1.165) is 5.56 Å². The third kappa shape index (κ3) is 3.74. The number of amides is 1. The van der Waals surface area contributed by atoms with Crippen LogP contribution in [0.15, 0.2) is 77.6 Å². The molecule has 3 rings (SSSR count). The van der Waals surface area contributed by atoms with Gasteiger partial charge in [0.1, 0.15) is 0 Å². The molecule has 6 heteroatoms. The van der Waals surface area contributed by atoms with Crippen LogP contribution in [0.5, 0.6) is 0 Å². The number of nitrogens with zero attached hydrogens (tertiary/aromatic N) is 2. The Morgan fingerprint density at radius 1 is 0.958 bits per heavy atom. The first kappa shape index (κ1) is 15.6. The molecular weight excluding hydrogens is 306 g/mol. The van der Waals surface area contributed by atoms with Gasteiger partial charge < -0.3 is 0 Å². The molecule has 0 bridgehead atoms. The fraction of sp³-hybridized carbons (Fsp3) is 0.0556. The topological polar surface area (TPSA) is 73.2 Å². The van der Waals surface area contributed by atoms with Crippen molar-refractivity contribution in [3.63, 3.8) is 0 Å². The van der Waals surface area contributed by atoms with E-state index < -0.39 is 5.91 Å². The number of benzene rings is 2. The van der Waals surface area contributed by atoms with Crippen LogP contribution >= 0.6 is 0 Å². The summed E-state index contributed by atoms with van der Waals surface area (Å²) in [6, 6.07) is 21.0. The van der Waals surface area contributed by atoms with Gasteiger partial charge in [0.2, 0.25) is 0 Å². The number of rotatable bonds is 5. The average molecular weight is 321 g/mol. The van der Waals surface area contributed by atoms with E-state index in [1.54, 1.807) is 24.3 Å². The third-order valence-electron chi connectivity index (χ3n) is 3.28. The highest BCUT2D eigenvalue weighted by Crippen LogP contribution is 2.03. The van der Waals surface area contributed by atoms with Crippen LogP contribution in [0.1, 0.15) is 16.1 Å². The second kappa shape index (κ2) is 7.34. The highest BCUT2D eigenvalue weighted by Gasteiger charge is 2.10. The second-order valence-electron chi connectivity index (χ2n) is 5.01. The van der Waals surface area contributed by atoms with Crippen LogP contribution in [-0.4, -0.2) is 15.7 Å². The quantitative estimate of drug-likeness (QED) is 0.730. The van der Waals surface area contributed by atoms with Crippen LogP contribution in [-0.2, 0) is 11.4 Å². The normalized spacial score (nSPS) is 10.3. The molecule has 0 spiro atoms. The molecule has 6 nitrogen and oxygen atoms in total. The summed E-state index contributed by atoms with van der Waals surface area (Å²) in [5.41, 5.74) is 3.62. The first-order valence-electron chi connectivity index (χ1n) is 7.36. The number of carbonyl (C=O) groups is 1. The number of nitrogens with one attached hydrogen (secondary N) is 1. The second-order valence-corrected chi connectivity index (χ2v) is 5.01. The maximum atomic E-state index is 12.1. The zero-order valence-electron chi connectivity index (χ0n) is 12.8. The zero-order valence-corrected chi connectivity index (χ0v) is 12.8. The minimum absolute atomic E-state index is 0.0894. The number of hydroxylamine groups is 1. The molecule has 1 aromatic heterocycles. The smallest absolute Gasteiger partial charge is 0.269 e. The van der Waals surface area contributed by atoms with Crippen LogP contribution < -0.4 is 11.0 Å². The summed E-state index contributed by atoms with van der Waals surface area (Å²) in [6.45, 7) is 0.241. The Labute approximate surface area is 138 Å². The maximum Gasteiger partial charge on any atom is 0.295 e. The number of carbonyl (C=O) groups excluding carboxylic acids is 1. The molecule has 0 atom stereocenters. The standard InChI is InChI=1S/C18H15N3O3/c22-17-12-11-16(19-21(17)15-9-5-2-6-10-15)18(23)20-24-13-14-7-3-1-4-8-14/h1-12H,13H2,(H,20,23). The average Bonchev–Trinajstić information content (AvgIpc) is 2.63. The number of para-hydroxylation sites is 1. The Hall–Kier alpha value is -3.25. The van der Waals surface area contributed by atoms with Crippen LogP contribution in [0.25, 0.3) is 5.69 Å². The van der Waals surface area contributed by atoms with Crippen molar-refractivity contribution < 1.29 is 9.63 Å². The summed E-state index contributed by atoms with van der Waals surface area (Å²) in [5.74, 6) is -0.518. The first-order valence-corrected chi connectivity index (χ1v) is 7.36. The number of hydrogen-bond donors (Lipinski definition) is 1. The van der Waals surface area contributed by atoms with E-state index in [9.17, 15) is 9.59 Å². The predicted molar refractivity (Wildman–Crippen MR) is 88.5 cm³/mol. The summed E-state index contributed by atoms with van der Waals surface area (Å²) >= 11 is 0. The molecular formula is C18H15N3O3. The van der Waals surface area contributed by atoms with Crippen LogP contribution in [0, 0.1) is 0 Å². The first-order chi connectivity index (χ1) is 11.7. The van der Waals surface area contributed by atoms with Crippen molar-refractivity contribution in [2.75, 3.05) is 0 Å². The molecule has 1 heterocycles. The molecule has 0 saturated carbocycles. The Morgan fingerprint density at radius 3 is 2.33 bits per heavy atom. The van der Waals surface area contributed by atoms with Gasteiger partial charge in [-0.3, -0.25) is 14.4 Å². The fourth-order valence-electron chi connectivity index (χ4n) is 2.10. The van der Waals surface area contributed by atoms with Gasteiger partial charge in [0.05, 0.1) is 12.3 Å². The van der Waals surface area contributed by atoms with Crippen molar-refractivity contribution in [1.82, 2.24) is 15.3 Å². The summed E-state index contributed by atoms with van der Waals surface area (Å²) in [6.07, 6.45) is 0. The summed E-state index contributed by atoms with van der Waals surface area (Å²) in [7, 11) is 0. The van der Waals surface area contributed by atoms with Crippen molar-refractivity contribution in [2.45, 2.75) is 6.61 Å². The van der Waals surface area contributed by atoms with Gasteiger partial charge in [-0.1, -0.05) is 48.5 Å². The molecule has 3 aromatic rings. The molecule has 0 fully saturated rings. The Bertz CT molecular complexity index is 877. The molecule has 0 radical (unpaired) electrons. The lowest BCUT2D eigenvalue weighted by atomic mass is 10.2. The third-order valence-corrected chi connectivity index (χ3v) is 3.28. The lowest BCUT2D eigenvalue weighted by molar-refractivity contribution is 0.0228. The van der Waals surface area contributed by atoms with Gasteiger partial charge in [-0.15, -0.1) is 0 Å². The molecule has 0 aliphatic rings. The Kier molecular flexibility index (Phi) is 4.78.